The second-order valence-corrected chi connectivity index (χ2v) is 4.50. The summed E-state index contributed by atoms with van der Waals surface area (Å²) < 4.78 is 5.50. The molecule has 96 valence electrons. The van der Waals surface area contributed by atoms with Crippen molar-refractivity contribution in [3.8, 4) is 0 Å². The molecule has 0 aromatic heterocycles. The maximum absolute atomic E-state index is 12.3. The van der Waals surface area contributed by atoms with Crippen molar-refractivity contribution in [2.75, 3.05) is 26.8 Å². The van der Waals surface area contributed by atoms with Crippen LogP contribution in [-0.4, -0.2) is 60.7 Å². The van der Waals surface area contributed by atoms with Crippen LogP contribution in [0.1, 0.15) is 19.8 Å². The lowest BCUT2D eigenvalue weighted by molar-refractivity contribution is -0.174. The molecule has 2 amide bonds. The lowest BCUT2D eigenvalue weighted by Gasteiger charge is -2.43. The monoisotopic (exact) mass is 241 g/mol. The van der Waals surface area contributed by atoms with Crippen LogP contribution in [0.15, 0.2) is 0 Å². The highest BCUT2D eigenvalue weighted by atomic mass is 16.5. The summed E-state index contributed by atoms with van der Waals surface area (Å²) in [6.07, 6.45) is 1.81. The fourth-order valence-corrected chi connectivity index (χ4v) is 2.43. The number of rotatable bonds is 1. The van der Waals surface area contributed by atoms with E-state index in [0.29, 0.717) is 19.8 Å². The summed E-state index contributed by atoms with van der Waals surface area (Å²) in [5.41, 5.74) is 0. The summed E-state index contributed by atoms with van der Waals surface area (Å²) in [4.78, 5) is 23.9. The molecular weight excluding hydrogens is 222 g/mol. The summed E-state index contributed by atoms with van der Waals surface area (Å²) in [5.74, 6) is -0.148. The third-order valence-electron chi connectivity index (χ3n) is 3.34. The van der Waals surface area contributed by atoms with E-state index in [-0.39, 0.29) is 23.9 Å². The number of amides is 2. The smallest absolute Gasteiger partial charge is 0.261 e. The van der Waals surface area contributed by atoms with Crippen molar-refractivity contribution in [3.05, 3.63) is 0 Å². The number of nitrogens with zero attached hydrogens (tertiary/aromatic N) is 2. The first-order chi connectivity index (χ1) is 8.15. The van der Waals surface area contributed by atoms with Gasteiger partial charge in [-0.05, 0) is 19.9 Å². The van der Waals surface area contributed by atoms with Gasteiger partial charge in [-0.3, -0.25) is 14.6 Å². The van der Waals surface area contributed by atoms with Gasteiger partial charge < -0.3 is 10.1 Å². The molecule has 6 heteroatoms. The molecule has 0 spiro atoms. The lowest BCUT2D eigenvalue weighted by Crippen LogP contribution is -2.61. The van der Waals surface area contributed by atoms with E-state index < -0.39 is 0 Å². The molecule has 2 rings (SSSR count). The van der Waals surface area contributed by atoms with Gasteiger partial charge in [-0.2, -0.15) is 0 Å². The van der Waals surface area contributed by atoms with Crippen LogP contribution in [-0.2, 0) is 14.3 Å². The van der Waals surface area contributed by atoms with Crippen molar-refractivity contribution in [1.29, 1.82) is 0 Å². The zero-order valence-electron chi connectivity index (χ0n) is 10.3. The van der Waals surface area contributed by atoms with E-state index in [9.17, 15) is 9.59 Å². The van der Waals surface area contributed by atoms with E-state index in [1.165, 1.54) is 6.92 Å². The van der Waals surface area contributed by atoms with Crippen molar-refractivity contribution < 1.29 is 14.3 Å². The van der Waals surface area contributed by atoms with Crippen molar-refractivity contribution in [1.82, 2.24) is 15.3 Å². The van der Waals surface area contributed by atoms with Gasteiger partial charge in [0.2, 0.25) is 5.91 Å². The van der Waals surface area contributed by atoms with Crippen LogP contribution < -0.4 is 5.32 Å². The predicted molar refractivity (Wildman–Crippen MR) is 60.9 cm³/mol. The highest BCUT2D eigenvalue weighted by molar-refractivity contribution is 5.85. The van der Waals surface area contributed by atoms with Gasteiger partial charge >= 0.3 is 0 Å². The number of likely N-dealkylation sites (N-methyl/N-ethyl adjacent to an activating group) is 1. The fourth-order valence-electron chi connectivity index (χ4n) is 2.43. The molecule has 0 aromatic carbocycles. The summed E-state index contributed by atoms with van der Waals surface area (Å²) in [6.45, 7) is 2.99. The standard InChI is InChI=1S/C11H19N3O3/c1-8(15)13-5-3-4-9-6-17-7-10(12-2)11(16)14(9)13/h9-10,12H,3-7H2,1-2H3/t9-,10+/m1/s1. The number of carbonyl (C=O) groups excluding carboxylic acids is 2. The van der Waals surface area contributed by atoms with E-state index in [1.54, 1.807) is 17.1 Å². The Bertz CT molecular complexity index is 321. The van der Waals surface area contributed by atoms with E-state index in [4.69, 9.17) is 4.74 Å². The molecule has 0 bridgehead atoms. The minimum absolute atomic E-state index is 0.00139. The summed E-state index contributed by atoms with van der Waals surface area (Å²) in [6, 6.07) is -0.363. The third-order valence-corrected chi connectivity index (χ3v) is 3.34. The minimum atomic E-state index is -0.361. The Morgan fingerprint density at radius 1 is 1.47 bits per heavy atom. The van der Waals surface area contributed by atoms with Crippen molar-refractivity contribution >= 4 is 11.8 Å². The van der Waals surface area contributed by atoms with Crippen molar-refractivity contribution in [2.24, 2.45) is 0 Å². The molecule has 2 aliphatic rings. The van der Waals surface area contributed by atoms with E-state index >= 15 is 0 Å². The van der Waals surface area contributed by atoms with Crippen LogP contribution in [0.25, 0.3) is 0 Å². The first-order valence-corrected chi connectivity index (χ1v) is 6.01. The van der Waals surface area contributed by atoms with E-state index in [0.717, 1.165) is 12.8 Å². The molecule has 2 heterocycles. The number of ether oxygens (including phenoxy) is 1. The minimum Gasteiger partial charge on any atom is -0.377 e. The van der Waals surface area contributed by atoms with E-state index in [1.807, 2.05) is 0 Å². The largest absolute Gasteiger partial charge is 0.377 e. The SMILES string of the molecule is CN[C@H]1COC[C@H]2CCCN(C(C)=O)N2C1=O. The number of hydrogen-bond donors (Lipinski definition) is 1. The average molecular weight is 241 g/mol. The first kappa shape index (κ1) is 12.3. The molecule has 0 aromatic rings. The van der Waals surface area contributed by atoms with Gasteiger partial charge in [0.05, 0.1) is 19.3 Å². The van der Waals surface area contributed by atoms with E-state index in [2.05, 4.69) is 5.32 Å². The van der Waals surface area contributed by atoms with Gasteiger partial charge in [-0.15, -0.1) is 0 Å². The summed E-state index contributed by atoms with van der Waals surface area (Å²) >= 11 is 0. The second-order valence-electron chi connectivity index (χ2n) is 4.50. The molecule has 6 nitrogen and oxygen atoms in total. The van der Waals surface area contributed by atoms with Gasteiger partial charge in [0, 0.05) is 13.5 Å². The Balaban J connectivity index is 2.24. The zero-order valence-corrected chi connectivity index (χ0v) is 10.3. The number of hydrogen-bond acceptors (Lipinski definition) is 4. The molecule has 0 unspecified atom stereocenters. The molecule has 2 saturated heterocycles. The average Bonchev–Trinajstić information content (AvgIpc) is 2.48. The Morgan fingerprint density at radius 2 is 2.24 bits per heavy atom. The summed E-state index contributed by atoms with van der Waals surface area (Å²) in [7, 11) is 1.73. The molecule has 2 fully saturated rings. The number of nitrogens with one attached hydrogen (secondary N) is 1. The van der Waals surface area contributed by atoms with Crippen LogP contribution in [0.3, 0.4) is 0 Å². The molecule has 0 radical (unpaired) electrons. The van der Waals surface area contributed by atoms with Crippen LogP contribution in [0, 0.1) is 0 Å². The second kappa shape index (κ2) is 5.01. The molecule has 2 atom stereocenters. The highest BCUT2D eigenvalue weighted by Gasteiger charge is 2.39. The van der Waals surface area contributed by atoms with Crippen LogP contribution in [0.5, 0.6) is 0 Å². The Hall–Kier alpha value is -1.14. The first-order valence-electron chi connectivity index (χ1n) is 6.01. The Morgan fingerprint density at radius 3 is 2.88 bits per heavy atom. The van der Waals surface area contributed by atoms with Gasteiger partial charge in [-0.1, -0.05) is 0 Å². The highest BCUT2D eigenvalue weighted by Crippen LogP contribution is 2.22. The van der Waals surface area contributed by atoms with Gasteiger partial charge in [0.25, 0.3) is 5.91 Å². The molecule has 0 aliphatic carbocycles. The van der Waals surface area contributed by atoms with Gasteiger partial charge in [-0.25, -0.2) is 5.01 Å². The molecule has 1 N–H and O–H groups in total. The third kappa shape index (κ3) is 2.28. The van der Waals surface area contributed by atoms with Crippen LogP contribution in [0.2, 0.25) is 0 Å². The van der Waals surface area contributed by atoms with Crippen LogP contribution >= 0.6 is 0 Å². The Labute approximate surface area is 101 Å². The van der Waals surface area contributed by atoms with Crippen LogP contribution in [0.4, 0.5) is 0 Å². The maximum Gasteiger partial charge on any atom is 0.261 e. The molecule has 17 heavy (non-hydrogen) atoms. The van der Waals surface area contributed by atoms with Crippen molar-refractivity contribution in [2.45, 2.75) is 31.8 Å². The lowest BCUT2D eigenvalue weighted by atomic mass is 10.1. The summed E-state index contributed by atoms with van der Waals surface area (Å²) in [5, 5.41) is 6.08. The number of hydrazine groups is 1. The Kier molecular flexibility index (Phi) is 3.63. The van der Waals surface area contributed by atoms with Crippen molar-refractivity contribution in [3.63, 3.8) is 0 Å². The van der Waals surface area contributed by atoms with Gasteiger partial charge in [0.15, 0.2) is 0 Å². The molecule has 0 saturated carbocycles. The predicted octanol–water partition coefficient (Wildman–Crippen LogP) is -0.641. The van der Waals surface area contributed by atoms with Gasteiger partial charge in [0.1, 0.15) is 6.04 Å². The fraction of sp³-hybridized carbons (Fsp3) is 0.818. The number of fused-ring (bicyclic) bond motifs is 1. The molecular formula is C11H19N3O3. The topological polar surface area (TPSA) is 61.9 Å². The quantitative estimate of drug-likeness (QED) is 0.663. The zero-order chi connectivity index (χ0) is 12.4. The normalized spacial score (nSPS) is 29.9. The number of carbonyl (C=O) groups is 2. The molecule has 2 aliphatic heterocycles. The maximum atomic E-state index is 12.3.